The van der Waals surface area contributed by atoms with Crippen LogP contribution in [0.1, 0.15) is 37.4 Å². The zero-order chi connectivity index (χ0) is 28.1. The van der Waals surface area contributed by atoms with Crippen molar-refractivity contribution < 1.29 is 23.7 Å². The van der Waals surface area contributed by atoms with Crippen molar-refractivity contribution in [2.75, 3.05) is 34.0 Å². The van der Waals surface area contributed by atoms with Crippen LogP contribution in [-0.4, -0.2) is 44.6 Å². The molecular formula is C28H28Cl2N2O6S. The van der Waals surface area contributed by atoms with Gasteiger partial charge in [0.15, 0.2) is 16.3 Å². The van der Waals surface area contributed by atoms with E-state index in [2.05, 4.69) is 4.99 Å². The number of para-hydroxylation sites is 1. The molecule has 0 N–H and O–H groups in total. The molecule has 1 aliphatic rings. The number of benzene rings is 2. The number of halogens is 2. The minimum atomic E-state index is -0.879. The number of thiazole rings is 1. The van der Waals surface area contributed by atoms with Crippen LogP contribution < -0.4 is 24.4 Å². The number of fused-ring (bicyclic) bond motifs is 1. The Morgan fingerprint density at radius 2 is 1.90 bits per heavy atom. The molecule has 3 aromatic rings. The standard InChI is InChI=1S/C28H28Cl2N2O6S/c1-5-12-37-25-18(9-7-11-20(25)36-4)24-22(27(34)38-14-13-35-3)16(2)31-28-32(24)26(33)21(39-28)15-17-8-6-10-19(29)23(17)30/h6-11,15,24H,5,12-14H2,1-4H3/b21-15+/t24-/m0/s1. The Balaban J connectivity index is 1.98. The number of rotatable bonds is 10. The Kier molecular flexibility index (Phi) is 9.50. The van der Waals surface area contributed by atoms with Gasteiger partial charge in [0, 0.05) is 12.7 Å². The fraction of sp³-hybridized carbons (Fsp3) is 0.321. The molecule has 2 aromatic carbocycles. The lowest BCUT2D eigenvalue weighted by molar-refractivity contribution is -0.140. The first-order chi connectivity index (χ1) is 18.8. The second kappa shape index (κ2) is 12.8. The molecule has 0 spiro atoms. The molecule has 0 saturated heterocycles. The molecule has 0 aliphatic carbocycles. The molecule has 11 heteroatoms. The van der Waals surface area contributed by atoms with E-state index in [-0.39, 0.29) is 24.3 Å². The number of nitrogens with zero attached hydrogens (tertiary/aromatic N) is 2. The molecular weight excluding hydrogens is 563 g/mol. The van der Waals surface area contributed by atoms with Crippen LogP contribution in [0.2, 0.25) is 10.0 Å². The molecule has 39 heavy (non-hydrogen) atoms. The summed E-state index contributed by atoms with van der Waals surface area (Å²) in [6, 6.07) is 9.69. The Hall–Kier alpha value is -3.11. The van der Waals surface area contributed by atoms with E-state index < -0.39 is 12.0 Å². The van der Waals surface area contributed by atoms with Gasteiger partial charge in [0.2, 0.25) is 0 Å². The van der Waals surface area contributed by atoms with E-state index in [0.717, 1.165) is 6.42 Å². The Morgan fingerprint density at radius 1 is 1.13 bits per heavy atom. The monoisotopic (exact) mass is 590 g/mol. The van der Waals surface area contributed by atoms with Gasteiger partial charge in [0.25, 0.3) is 5.56 Å². The number of aromatic nitrogens is 1. The quantitative estimate of drug-likeness (QED) is 0.255. The van der Waals surface area contributed by atoms with Gasteiger partial charge in [-0.1, -0.05) is 65.7 Å². The average Bonchev–Trinajstić information content (AvgIpc) is 3.23. The summed E-state index contributed by atoms with van der Waals surface area (Å²) in [6.07, 6.45) is 2.42. The van der Waals surface area contributed by atoms with Gasteiger partial charge >= 0.3 is 5.97 Å². The number of hydrogen-bond donors (Lipinski definition) is 0. The van der Waals surface area contributed by atoms with Crippen LogP contribution in [0.4, 0.5) is 0 Å². The predicted molar refractivity (Wildman–Crippen MR) is 152 cm³/mol. The van der Waals surface area contributed by atoms with E-state index in [1.165, 1.54) is 23.0 Å². The summed E-state index contributed by atoms with van der Waals surface area (Å²) in [4.78, 5) is 32.4. The van der Waals surface area contributed by atoms with Gasteiger partial charge in [-0.3, -0.25) is 9.36 Å². The summed E-state index contributed by atoms with van der Waals surface area (Å²) >= 11 is 13.8. The molecule has 0 amide bonds. The average molecular weight is 592 g/mol. The number of hydrogen-bond acceptors (Lipinski definition) is 8. The maximum atomic E-state index is 14.0. The summed E-state index contributed by atoms with van der Waals surface area (Å²) < 4.78 is 24.1. The molecule has 1 aliphatic heterocycles. The van der Waals surface area contributed by atoms with E-state index in [4.69, 9.17) is 42.1 Å². The molecule has 1 aromatic heterocycles. The SMILES string of the molecule is CCCOc1c(OC)cccc1[C@H]1C(C(=O)OCCOC)=C(C)N=c2s/c(=C/c3cccc(Cl)c3Cl)c(=O)n21. The van der Waals surface area contributed by atoms with Crippen LogP contribution in [0.25, 0.3) is 6.08 Å². The highest BCUT2D eigenvalue weighted by atomic mass is 35.5. The lowest BCUT2D eigenvalue weighted by Crippen LogP contribution is -2.40. The maximum absolute atomic E-state index is 14.0. The van der Waals surface area contributed by atoms with Gasteiger partial charge in [0.05, 0.1) is 46.2 Å². The van der Waals surface area contributed by atoms with Crippen LogP contribution >= 0.6 is 34.5 Å². The summed E-state index contributed by atoms with van der Waals surface area (Å²) in [7, 11) is 3.06. The van der Waals surface area contributed by atoms with Gasteiger partial charge in [-0.15, -0.1) is 0 Å². The van der Waals surface area contributed by atoms with Crippen LogP contribution in [0.15, 0.2) is 57.5 Å². The Morgan fingerprint density at radius 3 is 2.62 bits per heavy atom. The van der Waals surface area contributed by atoms with Gasteiger partial charge in [-0.25, -0.2) is 9.79 Å². The number of ether oxygens (including phenoxy) is 4. The van der Waals surface area contributed by atoms with Gasteiger partial charge in [-0.05, 0) is 37.1 Å². The fourth-order valence-corrected chi connectivity index (χ4v) is 5.61. The lowest BCUT2D eigenvalue weighted by Gasteiger charge is -2.27. The van der Waals surface area contributed by atoms with Crippen molar-refractivity contribution in [1.82, 2.24) is 4.57 Å². The molecule has 1 atom stereocenters. The minimum Gasteiger partial charge on any atom is -0.493 e. The van der Waals surface area contributed by atoms with Gasteiger partial charge < -0.3 is 18.9 Å². The Labute approximate surface area is 239 Å². The summed E-state index contributed by atoms with van der Waals surface area (Å²) in [5.41, 5.74) is 1.47. The Bertz CT molecular complexity index is 1590. The molecule has 8 nitrogen and oxygen atoms in total. The normalized spacial score (nSPS) is 15.1. The van der Waals surface area contributed by atoms with Crippen LogP contribution in [0.3, 0.4) is 0 Å². The van der Waals surface area contributed by atoms with Gasteiger partial charge in [0.1, 0.15) is 12.6 Å². The third kappa shape index (κ3) is 5.91. The molecule has 206 valence electrons. The highest BCUT2D eigenvalue weighted by Crippen LogP contribution is 2.41. The van der Waals surface area contributed by atoms with Crippen molar-refractivity contribution in [1.29, 1.82) is 0 Å². The zero-order valence-electron chi connectivity index (χ0n) is 22.0. The second-order valence-corrected chi connectivity index (χ2v) is 10.4. The molecule has 2 heterocycles. The van der Waals surface area contributed by atoms with Crippen molar-refractivity contribution in [2.45, 2.75) is 26.3 Å². The molecule has 0 radical (unpaired) electrons. The first-order valence-electron chi connectivity index (χ1n) is 12.2. The maximum Gasteiger partial charge on any atom is 0.338 e. The second-order valence-electron chi connectivity index (χ2n) is 8.58. The molecule has 0 fully saturated rings. The first-order valence-corrected chi connectivity index (χ1v) is 13.8. The van der Waals surface area contributed by atoms with Crippen molar-refractivity contribution in [3.05, 3.63) is 88.5 Å². The van der Waals surface area contributed by atoms with E-state index >= 15 is 0 Å². The van der Waals surface area contributed by atoms with Gasteiger partial charge in [-0.2, -0.15) is 0 Å². The van der Waals surface area contributed by atoms with E-state index in [1.54, 1.807) is 50.4 Å². The molecule has 0 saturated carbocycles. The molecule has 4 rings (SSSR count). The minimum absolute atomic E-state index is 0.0494. The highest BCUT2D eigenvalue weighted by molar-refractivity contribution is 7.07. The first kappa shape index (κ1) is 28.9. The summed E-state index contributed by atoms with van der Waals surface area (Å²) in [5.74, 6) is 0.321. The smallest absolute Gasteiger partial charge is 0.338 e. The number of methoxy groups -OCH3 is 2. The topological polar surface area (TPSA) is 88.4 Å². The number of carbonyl (C=O) groups is 1. The zero-order valence-corrected chi connectivity index (χ0v) is 24.3. The number of carbonyl (C=O) groups excluding carboxylic acids is 1. The third-order valence-electron chi connectivity index (χ3n) is 6.00. The lowest BCUT2D eigenvalue weighted by atomic mass is 9.94. The van der Waals surface area contributed by atoms with Crippen LogP contribution in [0.5, 0.6) is 11.5 Å². The largest absolute Gasteiger partial charge is 0.493 e. The van der Waals surface area contributed by atoms with Crippen molar-refractivity contribution in [3.8, 4) is 11.5 Å². The third-order valence-corrected chi connectivity index (χ3v) is 7.82. The van der Waals surface area contributed by atoms with Crippen LogP contribution in [-0.2, 0) is 14.3 Å². The van der Waals surface area contributed by atoms with E-state index in [0.29, 0.717) is 54.3 Å². The highest BCUT2D eigenvalue weighted by Gasteiger charge is 2.36. The van der Waals surface area contributed by atoms with E-state index in [1.807, 2.05) is 13.0 Å². The summed E-state index contributed by atoms with van der Waals surface area (Å²) in [5, 5.41) is 0.713. The predicted octanol–water partition coefficient (Wildman–Crippen LogP) is 4.53. The van der Waals surface area contributed by atoms with Crippen molar-refractivity contribution in [2.24, 2.45) is 4.99 Å². The fourth-order valence-electron chi connectivity index (χ4n) is 4.21. The molecule has 0 unspecified atom stereocenters. The summed E-state index contributed by atoms with van der Waals surface area (Å²) in [6.45, 7) is 4.40. The van der Waals surface area contributed by atoms with Crippen LogP contribution in [0, 0.1) is 0 Å². The number of allylic oxidation sites excluding steroid dienone is 1. The molecule has 0 bridgehead atoms. The van der Waals surface area contributed by atoms with Crippen molar-refractivity contribution in [3.63, 3.8) is 0 Å². The van der Waals surface area contributed by atoms with Crippen molar-refractivity contribution >= 4 is 46.6 Å². The van der Waals surface area contributed by atoms with E-state index in [9.17, 15) is 9.59 Å². The number of esters is 1.